The molecule has 140 valence electrons. The first-order valence-electron chi connectivity index (χ1n) is 8.77. The van der Waals surface area contributed by atoms with Gasteiger partial charge in [-0.15, -0.1) is 5.10 Å². The van der Waals surface area contributed by atoms with Gasteiger partial charge in [0.25, 0.3) is 0 Å². The third-order valence-corrected chi connectivity index (χ3v) is 4.35. The number of hydrogen-bond acceptors (Lipinski definition) is 5. The minimum Gasteiger partial charge on any atom is -0.481 e. The maximum absolute atomic E-state index is 12.5. The van der Waals surface area contributed by atoms with E-state index >= 15 is 0 Å². The number of carboxylic acids is 1. The van der Waals surface area contributed by atoms with Gasteiger partial charge in [-0.05, 0) is 45.2 Å². The fourth-order valence-electron chi connectivity index (χ4n) is 3.32. The molecule has 1 N–H and O–H groups in total. The molecule has 0 aliphatic carbocycles. The number of para-hydroxylation sites is 1. The molecule has 0 radical (unpaired) electrons. The van der Waals surface area contributed by atoms with Crippen LogP contribution in [0.4, 0.5) is 4.79 Å². The quantitative estimate of drug-likeness (QED) is 0.899. The number of aromatic nitrogens is 3. The average Bonchev–Trinajstić information content (AvgIpc) is 3.13. The largest absolute Gasteiger partial charge is 0.481 e. The van der Waals surface area contributed by atoms with Crippen LogP contribution in [-0.2, 0) is 22.5 Å². The van der Waals surface area contributed by atoms with Gasteiger partial charge in [-0.1, -0.05) is 17.3 Å². The zero-order valence-electron chi connectivity index (χ0n) is 15.3. The molecule has 1 amide bonds. The maximum atomic E-state index is 12.5. The standard InChI is InChI=1S/C18H24N4O4/c1-18(2,3)26-17(25)21-9-5-7-13(21)11-22-16-12(10-15(23)24)6-4-8-14(16)19-20-22/h4,6,8,13H,5,7,9-11H2,1-3H3,(H,23,24). The van der Waals surface area contributed by atoms with Crippen molar-refractivity contribution in [2.45, 2.75) is 58.2 Å². The lowest BCUT2D eigenvalue weighted by Gasteiger charge is -2.28. The normalized spacial score (nSPS) is 17.7. The van der Waals surface area contributed by atoms with E-state index in [1.165, 1.54) is 0 Å². The molecule has 1 aliphatic rings. The van der Waals surface area contributed by atoms with Crippen molar-refractivity contribution in [1.29, 1.82) is 0 Å². The van der Waals surface area contributed by atoms with E-state index in [4.69, 9.17) is 9.84 Å². The third-order valence-electron chi connectivity index (χ3n) is 4.35. The number of hydrogen-bond donors (Lipinski definition) is 1. The molecule has 1 unspecified atom stereocenters. The van der Waals surface area contributed by atoms with Crippen molar-refractivity contribution in [3.63, 3.8) is 0 Å². The molecular weight excluding hydrogens is 336 g/mol. The van der Waals surface area contributed by atoms with Crippen LogP contribution in [0.3, 0.4) is 0 Å². The van der Waals surface area contributed by atoms with Gasteiger partial charge in [0.1, 0.15) is 11.1 Å². The first-order valence-corrected chi connectivity index (χ1v) is 8.77. The summed E-state index contributed by atoms with van der Waals surface area (Å²) in [6.07, 6.45) is 1.33. The highest BCUT2D eigenvalue weighted by atomic mass is 16.6. The predicted octanol–water partition coefficient (Wildman–Crippen LogP) is 2.46. The molecule has 0 saturated carbocycles. The number of ether oxygens (including phenoxy) is 1. The molecule has 1 aromatic carbocycles. The van der Waals surface area contributed by atoms with E-state index in [1.807, 2.05) is 26.8 Å². The fourth-order valence-corrected chi connectivity index (χ4v) is 3.32. The van der Waals surface area contributed by atoms with Crippen LogP contribution in [-0.4, -0.2) is 55.3 Å². The number of aliphatic carboxylic acids is 1. The van der Waals surface area contributed by atoms with E-state index in [2.05, 4.69) is 10.3 Å². The topological polar surface area (TPSA) is 97.5 Å². The second-order valence-corrected chi connectivity index (χ2v) is 7.60. The Morgan fingerprint density at radius 3 is 2.81 bits per heavy atom. The lowest BCUT2D eigenvalue weighted by atomic mass is 10.1. The average molecular weight is 360 g/mol. The molecule has 1 fully saturated rings. The van der Waals surface area contributed by atoms with E-state index in [-0.39, 0.29) is 18.6 Å². The van der Waals surface area contributed by atoms with Crippen LogP contribution in [0.15, 0.2) is 18.2 Å². The van der Waals surface area contributed by atoms with E-state index in [9.17, 15) is 9.59 Å². The van der Waals surface area contributed by atoms with E-state index < -0.39 is 11.6 Å². The Bertz CT molecular complexity index is 824. The Morgan fingerprint density at radius 2 is 2.12 bits per heavy atom. The lowest BCUT2D eigenvalue weighted by Crippen LogP contribution is -2.41. The van der Waals surface area contributed by atoms with Crippen molar-refractivity contribution in [1.82, 2.24) is 19.9 Å². The summed E-state index contributed by atoms with van der Waals surface area (Å²) in [6, 6.07) is 5.32. The van der Waals surface area contributed by atoms with Gasteiger partial charge in [0, 0.05) is 6.54 Å². The van der Waals surface area contributed by atoms with Crippen LogP contribution in [0.1, 0.15) is 39.2 Å². The second kappa shape index (κ2) is 6.93. The first-order chi connectivity index (χ1) is 12.2. The molecule has 2 heterocycles. The third kappa shape index (κ3) is 3.95. The predicted molar refractivity (Wildman–Crippen MR) is 94.8 cm³/mol. The number of nitrogens with zero attached hydrogens (tertiary/aromatic N) is 4. The van der Waals surface area contributed by atoms with Gasteiger partial charge >= 0.3 is 12.1 Å². The highest BCUT2D eigenvalue weighted by Gasteiger charge is 2.33. The molecule has 3 rings (SSSR count). The minimum absolute atomic E-state index is 0.0485. The second-order valence-electron chi connectivity index (χ2n) is 7.60. The van der Waals surface area contributed by atoms with Gasteiger partial charge in [0.05, 0.1) is 24.5 Å². The SMILES string of the molecule is CC(C)(C)OC(=O)N1CCCC1Cn1nnc2cccc(CC(=O)O)c21. The van der Waals surface area contributed by atoms with Crippen LogP contribution in [0.2, 0.25) is 0 Å². The number of fused-ring (bicyclic) bond motifs is 1. The van der Waals surface area contributed by atoms with Crippen molar-refractivity contribution in [2.75, 3.05) is 6.54 Å². The van der Waals surface area contributed by atoms with Gasteiger partial charge in [-0.3, -0.25) is 4.79 Å². The number of carboxylic acid groups (broad SMARTS) is 1. The summed E-state index contributed by atoms with van der Waals surface area (Å²) in [5.41, 5.74) is 1.50. The molecule has 26 heavy (non-hydrogen) atoms. The van der Waals surface area contributed by atoms with Crippen LogP contribution in [0, 0.1) is 0 Å². The summed E-state index contributed by atoms with van der Waals surface area (Å²) in [7, 11) is 0. The number of carbonyl (C=O) groups is 2. The van der Waals surface area contributed by atoms with E-state index in [1.54, 1.807) is 21.7 Å². The molecular formula is C18H24N4O4. The van der Waals surface area contributed by atoms with Gasteiger partial charge < -0.3 is 14.7 Å². The molecule has 0 bridgehead atoms. The van der Waals surface area contributed by atoms with Crippen LogP contribution < -0.4 is 0 Å². The number of benzene rings is 1. The number of carbonyl (C=O) groups excluding carboxylic acids is 1. The van der Waals surface area contributed by atoms with Crippen molar-refractivity contribution in [3.05, 3.63) is 23.8 Å². The number of likely N-dealkylation sites (tertiary alicyclic amines) is 1. The highest BCUT2D eigenvalue weighted by molar-refractivity contribution is 5.83. The Hall–Kier alpha value is -2.64. The van der Waals surface area contributed by atoms with Crippen LogP contribution in [0.25, 0.3) is 11.0 Å². The van der Waals surface area contributed by atoms with Gasteiger partial charge in [0.15, 0.2) is 0 Å². The number of rotatable bonds is 4. The van der Waals surface area contributed by atoms with Gasteiger partial charge in [-0.25, -0.2) is 9.48 Å². The summed E-state index contributed by atoms with van der Waals surface area (Å²) in [4.78, 5) is 25.3. The lowest BCUT2D eigenvalue weighted by molar-refractivity contribution is -0.136. The molecule has 8 nitrogen and oxygen atoms in total. The summed E-state index contributed by atoms with van der Waals surface area (Å²) in [6.45, 7) is 6.65. The smallest absolute Gasteiger partial charge is 0.410 e. The van der Waals surface area contributed by atoms with Crippen LogP contribution in [0.5, 0.6) is 0 Å². The zero-order chi connectivity index (χ0) is 18.9. The minimum atomic E-state index is -0.901. The highest BCUT2D eigenvalue weighted by Crippen LogP contribution is 2.24. The number of amides is 1. The molecule has 2 aromatic rings. The van der Waals surface area contributed by atoms with Gasteiger partial charge in [0.2, 0.25) is 0 Å². The van der Waals surface area contributed by atoms with Crippen molar-refractivity contribution < 1.29 is 19.4 Å². The molecule has 0 spiro atoms. The van der Waals surface area contributed by atoms with Crippen molar-refractivity contribution in [3.8, 4) is 0 Å². The van der Waals surface area contributed by atoms with Crippen molar-refractivity contribution >= 4 is 23.1 Å². The van der Waals surface area contributed by atoms with Gasteiger partial charge in [-0.2, -0.15) is 0 Å². The monoisotopic (exact) mass is 360 g/mol. The summed E-state index contributed by atoms with van der Waals surface area (Å²) in [5, 5.41) is 17.5. The molecule has 1 aliphatic heterocycles. The fraction of sp³-hybridized carbons (Fsp3) is 0.556. The summed E-state index contributed by atoms with van der Waals surface area (Å²) < 4.78 is 7.21. The molecule has 1 saturated heterocycles. The Kier molecular flexibility index (Phi) is 4.84. The first kappa shape index (κ1) is 18.2. The van der Waals surface area contributed by atoms with E-state index in [0.717, 1.165) is 12.8 Å². The summed E-state index contributed by atoms with van der Waals surface area (Å²) >= 11 is 0. The van der Waals surface area contributed by atoms with E-state index in [0.29, 0.717) is 29.7 Å². The molecule has 1 atom stereocenters. The molecule has 8 heteroatoms. The maximum Gasteiger partial charge on any atom is 0.410 e. The summed E-state index contributed by atoms with van der Waals surface area (Å²) in [5.74, 6) is -0.901. The van der Waals surface area contributed by atoms with Crippen molar-refractivity contribution in [2.24, 2.45) is 0 Å². The zero-order valence-corrected chi connectivity index (χ0v) is 15.3. The van der Waals surface area contributed by atoms with Crippen LogP contribution >= 0.6 is 0 Å². The Morgan fingerprint density at radius 1 is 1.35 bits per heavy atom. The molecule has 1 aromatic heterocycles. The Labute approximate surface area is 151 Å². The Balaban J connectivity index is 1.84.